The molecule has 3 N–H and O–H groups in total. The molecule has 0 aliphatic heterocycles. The van der Waals surface area contributed by atoms with E-state index in [4.69, 9.17) is 0 Å². The van der Waals surface area contributed by atoms with Gasteiger partial charge < -0.3 is 10.6 Å². The predicted molar refractivity (Wildman–Crippen MR) is 102 cm³/mol. The Kier molecular flexibility index (Phi) is 5.40. The number of nitrogens with zero attached hydrogens (tertiary/aromatic N) is 4. The summed E-state index contributed by atoms with van der Waals surface area (Å²) in [6.07, 6.45) is 9.46. The molecule has 2 aromatic rings. The standard InChI is InChI=1S/C19H27N7/c1-13-4-5-16(8-19(13,2)3)25-17-15(9-20)12-22-18(26-17)21-7-6-14-10-23-24-11-14/h10-13,16H,4-8H2,1-3H3,(H,23,24)(H2,21,22,25,26)/t13-,16+/m0/s1. The fraction of sp³-hybridized carbons (Fsp3) is 0.579. The second-order valence-corrected chi connectivity index (χ2v) is 7.86. The minimum Gasteiger partial charge on any atom is -0.366 e. The SMILES string of the molecule is C[C@H]1CC[C@@H](Nc2nc(NCCc3cn[nH]c3)ncc2C#N)CC1(C)C. The molecule has 2 atom stereocenters. The first-order chi connectivity index (χ1) is 12.5. The maximum Gasteiger partial charge on any atom is 0.224 e. The van der Waals surface area contributed by atoms with Crippen LogP contribution in [-0.2, 0) is 6.42 Å². The summed E-state index contributed by atoms with van der Waals surface area (Å²) in [6.45, 7) is 7.67. The lowest BCUT2D eigenvalue weighted by atomic mass is 9.68. The van der Waals surface area contributed by atoms with Crippen molar-refractivity contribution in [3.63, 3.8) is 0 Å². The minimum absolute atomic E-state index is 0.293. The Bertz CT molecular complexity index is 761. The number of H-pyrrole nitrogens is 1. The Morgan fingerprint density at radius 3 is 2.88 bits per heavy atom. The minimum atomic E-state index is 0.293. The molecule has 26 heavy (non-hydrogen) atoms. The number of nitriles is 1. The number of anilines is 2. The summed E-state index contributed by atoms with van der Waals surface area (Å²) in [5, 5.41) is 22.8. The number of hydrogen-bond donors (Lipinski definition) is 3. The van der Waals surface area contributed by atoms with Gasteiger partial charge in [0.2, 0.25) is 5.95 Å². The molecule has 0 aromatic carbocycles. The number of rotatable bonds is 6. The summed E-state index contributed by atoms with van der Waals surface area (Å²) in [6, 6.07) is 2.53. The van der Waals surface area contributed by atoms with Gasteiger partial charge in [-0.2, -0.15) is 15.3 Å². The molecule has 0 unspecified atom stereocenters. The van der Waals surface area contributed by atoms with E-state index in [0.717, 1.165) is 24.8 Å². The maximum atomic E-state index is 9.38. The zero-order valence-electron chi connectivity index (χ0n) is 15.7. The van der Waals surface area contributed by atoms with Crippen molar-refractivity contribution >= 4 is 11.8 Å². The van der Waals surface area contributed by atoms with Crippen LogP contribution in [-0.4, -0.2) is 32.8 Å². The number of aromatic amines is 1. The van der Waals surface area contributed by atoms with Crippen LogP contribution in [0, 0.1) is 22.7 Å². The number of aromatic nitrogens is 4. The van der Waals surface area contributed by atoms with Gasteiger partial charge >= 0.3 is 0 Å². The quantitative estimate of drug-likeness (QED) is 0.736. The molecule has 7 nitrogen and oxygen atoms in total. The second kappa shape index (κ2) is 7.73. The molecular formula is C19H27N7. The lowest BCUT2D eigenvalue weighted by molar-refractivity contribution is 0.143. The molecule has 0 saturated heterocycles. The summed E-state index contributed by atoms with van der Waals surface area (Å²) >= 11 is 0. The monoisotopic (exact) mass is 353 g/mol. The van der Waals surface area contributed by atoms with Gasteiger partial charge in [-0.05, 0) is 42.6 Å². The van der Waals surface area contributed by atoms with Crippen molar-refractivity contribution in [1.82, 2.24) is 20.2 Å². The van der Waals surface area contributed by atoms with Gasteiger partial charge in [-0.1, -0.05) is 20.8 Å². The Morgan fingerprint density at radius 1 is 1.35 bits per heavy atom. The Labute approximate surface area is 154 Å². The fourth-order valence-corrected chi connectivity index (χ4v) is 3.49. The van der Waals surface area contributed by atoms with Crippen molar-refractivity contribution in [2.45, 2.75) is 52.5 Å². The third-order valence-corrected chi connectivity index (χ3v) is 5.56. The van der Waals surface area contributed by atoms with Crippen LogP contribution in [0.1, 0.15) is 51.2 Å². The Morgan fingerprint density at radius 2 is 2.19 bits per heavy atom. The molecule has 3 rings (SSSR count). The average molecular weight is 353 g/mol. The van der Waals surface area contributed by atoms with E-state index in [0.29, 0.717) is 41.2 Å². The van der Waals surface area contributed by atoms with E-state index < -0.39 is 0 Å². The van der Waals surface area contributed by atoms with E-state index in [2.05, 4.69) is 57.6 Å². The van der Waals surface area contributed by atoms with Gasteiger partial charge in [-0.3, -0.25) is 5.10 Å². The van der Waals surface area contributed by atoms with Crippen LogP contribution in [0.5, 0.6) is 0 Å². The van der Waals surface area contributed by atoms with Crippen molar-refractivity contribution in [2.24, 2.45) is 11.3 Å². The average Bonchev–Trinajstić information content (AvgIpc) is 3.12. The van der Waals surface area contributed by atoms with E-state index in [1.165, 1.54) is 6.42 Å². The molecule has 0 amide bonds. The molecule has 1 aliphatic carbocycles. The largest absolute Gasteiger partial charge is 0.366 e. The Balaban J connectivity index is 1.65. The molecule has 1 fully saturated rings. The Hall–Kier alpha value is -2.62. The molecule has 0 radical (unpaired) electrons. The lowest BCUT2D eigenvalue weighted by Gasteiger charge is -2.41. The molecule has 2 heterocycles. The molecule has 1 aliphatic rings. The van der Waals surface area contributed by atoms with Crippen LogP contribution in [0.3, 0.4) is 0 Å². The smallest absolute Gasteiger partial charge is 0.224 e. The number of nitrogens with one attached hydrogen (secondary N) is 3. The third-order valence-electron chi connectivity index (χ3n) is 5.56. The van der Waals surface area contributed by atoms with Gasteiger partial charge in [0.1, 0.15) is 17.5 Å². The molecule has 0 spiro atoms. The summed E-state index contributed by atoms with van der Waals surface area (Å²) in [4.78, 5) is 8.80. The first-order valence-corrected chi connectivity index (χ1v) is 9.23. The molecule has 0 bridgehead atoms. The van der Waals surface area contributed by atoms with Crippen LogP contribution >= 0.6 is 0 Å². The topological polar surface area (TPSA) is 102 Å². The van der Waals surface area contributed by atoms with Crippen molar-refractivity contribution < 1.29 is 0 Å². The van der Waals surface area contributed by atoms with Crippen LogP contribution < -0.4 is 10.6 Å². The van der Waals surface area contributed by atoms with Gasteiger partial charge in [0, 0.05) is 18.8 Å². The highest BCUT2D eigenvalue weighted by atomic mass is 15.1. The van der Waals surface area contributed by atoms with E-state index >= 15 is 0 Å². The first kappa shape index (κ1) is 18.2. The molecule has 7 heteroatoms. The number of hydrogen-bond acceptors (Lipinski definition) is 6. The van der Waals surface area contributed by atoms with Crippen molar-refractivity contribution in [3.05, 3.63) is 29.7 Å². The van der Waals surface area contributed by atoms with Crippen LogP contribution in [0.4, 0.5) is 11.8 Å². The van der Waals surface area contributed by atoms with Gasteiger partial charge in [-0.25, -0.2) is 4.98 Å². The predicted octanol–water partition coefficient (Wildman–Crippen LogP) is 3.35. The zero-order valence-corrected chi connectivity index (χ0v) is 15.7. The first-order valence-electron chi connectivity index (χ1n) is 9.23. The fourth-order valence-electron chi connectivity index (χ4n) is 3.49. The van der Waals surface area contributed by atoms with Crippen LogP contribution in [0.2, 0.25) is 0 Å². The third kappa shape index (κ3) is 4.31. The summed E-state index contributed by atoms with van der Waals surface area (Å²) < 4.78 is 0. The molecular weight excluding hydrogens is 326 g/mol. The van der Waals surface area contributed by atoms with Crippen molar-refractivity contribution in [1.29, 1.82) is 5.26 Å². The van der Waals surface area contributed by atoms with Gasteiger partial charge in [-0.15, -0.1) is 0 Å². The zero-order chi connectivity index (χ0) is 18.6. The maximum absolute atomic E-state index is 9.38. The van der Waals surface area contributed by atoms with Crippen LogP contribution in [0.15, 0.2) is 18.6 Å². The van der Waals surface area contributed by atoms with Gasteiger partial charge in [0.25, 0.3) is 0 Å². The van der Waals surface area contributed by atoms with E-state index in [1.807, 2.05) is 6.20 Å². The summed E-state index contributed by atoms with van der Waals surface area (Å²) in [7, 11) is 0. The highest BCUT2D eigenvalue weighted by Crippen LogP contribution is 2.41. The second-order valence-electron chi connectivity index (χ2n) is 7.86. The van der Waals surface area contributed by atoms with E-state index in [-0.39, 0.29) is 0 Å². The highest BCUT2D eigenvalue weighted by molar-refractivity contribution is 5.54. The van der Waals surface area contributed by atoms with Gasteiger partial charge in [0.05, 0.1) is 12.4 Å². The molecule has 1 saturated carbocycles. The summed E-state index contributed by atoms with van der Waals surface area (Å²) in [5.41, 5.74) is 1.91. The van der Waals surface area contributed by atoms with Crippen molar-refractivity contribution in [3.8, 4) is 6.07 Å². The van der Waals surface area contributed by atoms with E-state index in [9.17, 15) is 5.26 Å². The highest BCUT2D eigenvalue weighted by Gasteiger charge is 2.34. The molecule has 2 aromatic heterocycles. The molecule has 138 valence electrons. The van der Waals surface area contributed by atoms with E-state index in [1.54, 1.807) is 12.4 Å². The van der Waals surface area contributed by atoms with Crippen LogP contribution in [0.25, 0.3) is 0 Å². The lowest BCUT2D eigenvalue weighted by Crippen LogP contribution is -2.37. The van der Waals surface area contributed by atoms with Gasteiger partial charge in [0.15, 0.2) is 0 Å². The summed E-state index contributed by atoms with van der Waals surface area (Å²) in [5.74, 6) is 1.88. The van der Waals surface area contributed by atoms with Crippen molar-refractivity contribution in [2.75, 3.05) is 17.2 Å². The normalized spacial score (nSPS) is 21.8.